The molecule has 0 saturated carbocycles. The molecule has 1 fully saturated rings. The van der Waals surface area contributed by atoms with Crippen LogP contribution in [-0.4, -0.2) is 18.0 Å². The minimum atomic E-state index is -0.422. The molecule has 98 valence electrons. The van der Waals surface area contributed by atoms with Gasteiger partial charge in [-0.15, -0.1) is 0 Å². The lowest BCUT2D eigenvalue weighted by Gasteiger charge is -2.23. The van der Waals surface area contributed by atoms with E-state index in [0.717, 1.165) is 40.7 Å². The van der Waals surface area contributed by atoms with Crippen LogP contribution in [0.25, 0.3) is 0 Å². The van der Waals surface area contributed by atoms with Crippen molar-refractivity contribution in [3.05, 3.63) is 27.7 Å². The summed E-state index contributed by atoms with van der Waals surface area (Å²) in [5.74, 6) is 0.0566. The first kappa shape index (κ1) is 13.6. The van der Waals surface area contributed by atoms with Gasteiger partial charge < -0.3 is 10.6 Å². The number of carbonyl (C=O) groups is 1. The Morgan fingerprint density at radius 3 is 2.50 bits per heavy atom. The van der Waals surface area contributed by atoms with Gasteiger partial charge in [0.1, 0.15) is 0 Å². The predicted molar refractivity (Wildman–Crippen MR) is 77.9 cm³/mol. The summed E-state index contributed by atoms with van der Waals surface area (Å²) >= 11 is 3.53. The average Bonchev–Trinajstić information content (AvgIpc) is 2.74. The molecule has 1 unspecified atom stereocenters. The maximum Gasteiger partial charge on any atom is 0.244 e. The maximum atomic E-state index is 12.3. The number of anilines is 1. The third kappa shape index (κ3) is 2.59. The zero-order valence-electron chi connectivity index (χ0n) is 11.1. The Hall–Kier alpha value is -0.870. The monoisotopic (exact) mass is 310 g/mol. The largest absolute Gasteiger partial charge is 0.324 e. The van der Waals surface area contributed by atoms with E-state index in [1.807, 2.05) is 32.9 Å². The fourth-order valence-electron chi connectivity index (χ4n) is 2.38. The molecular formula is C14H19BrN2O. The summed E-state index contributed by atoms with van der Waals surface area (Å²) in [6, 6.07) is 3.99. The van der Waals surface area contributed by atoms with Gasteiger partial charge >= 0.3 is 0 Å². The topological polar surface area (TPSA) is 41.1 Å². The average molecular weight is 311 g/mol. The molecule has 1 saturated heterocycles. The molecule has 4 heteroatoms. The summed E-state index contributed by atoms with van der Waals surface area (Å²) in [7, 11) is 0. The Bertz CT molecular complexity index is 456. The molecule has 1 aliphatic heterocycles. The van der Waals surface area contributed by atoms with Gasteiger partial charge in [0.15, 0.2) is 0 Å². The molecule has 1 atom stereocenters. The number of hydrogen-bond acceptors (Lipinski definition) is 2. The van der Waals surface area contributed by atoms with Gasteiger partial charge in [0.25, 0.3) is 0 Å². The van der Waals surface area contributed by atoms with Gasteiger partial charge in [-0.3, -0.25) is 4.79 Å². The normalized spacial score (nSPS) is 23.1. The number of carbonyl (C=O) groups excluding carboxylic acids is 1. The molecular weight excluding hydrogens is 292 g/mol. The Morgan fingerprint density at radius 1 is 1.39 bits per heavy atom. The van der Waals surface area contributed by atoms with Gasteiger partial charge in [0.05, 0.1) is 5.54 Å². The van der Waals surface area contributed by atoms with Crippen molar-refractivity contribution < 1.29 is 4.79 Å². The Kier molecular flexibility index (Phi) is 3.78. The minimum absolute atomic E-state index is 0.0566. The minimum Gasteiger partial charge on any atom is -0.324 e. The highest BCUT2D eigenvalue weighted by Gasteiger charge is 2.35. The molecule has 18 heavy (non-hydrogen) atoms. The van der Waals surface area contributed by atoms with Crippen LogP contribution in [0.3, 0.4) is 0 Å². The molecule has 0 radical (unpaired) electrons. The highest BCUT2D eigenvalue weighted by Crippen LogP contribution is 2.26. The molecule has 1 amide bonds. The third-order valence-electron chi connectivity index (χ3n) is 3.56. The zero-order chi connectivity index (χ0) is 13.3. The number of hydrogen-bond donors (Lipinski definition) is 2. The van der Waals surface area contributed by atoms with Crippen molar-refractivity contribution in [3.63, 3.8) is 0 Å². The van der Waals surface area contributed by atoms with E-state index in [0.29, 0.717) is 0 Å². The molecule has 2 rings (SSSR count). The lowest BCUT2D eigenvalue weighted by Crippen LogP contribution is -2.47. The lowest BCUT2D eigenvalue weighted by molar-refractivity contribution is -0.121. The molecule has 0 bridgehead atoms. The number of benzene rings is 1. The molecule has 1 aromatic rings. The predicted octanol–water partition coefficient (Wildman–Crippen LogP) is 3.15. The van der Waals surface area contributed by atoms with Gasteiger partial charge in [0, 0.05) is 10.2 Å². The summed E-state index contributed by atoms with van der Waals surface area (Å²) in [5, 5.41) is 6.28. The quantitative estimate of drug-likeness (QED) is 0.881. The summed E-state index contributed by atoms with van der Waals surface area (Å²) in [6.07, 6.45) is 1.95. The highest BCUT2D eigenvalue weighted by molar-refractivity contribution is 9.10. The first-order valence-corrected chi connectivity index (χ1v) is 7.05. The lowest BCUT2D eigenvalue weighted by atomic mass is 9.99. The molecule has 1 aromatic carbocycles. The summed E-state index contributed by atoms with van der Waals surface area (Å²) in [5.41, 5.74) is 2.72. The first-order valence-electron chi connectivity index (χ1n) is 6.25. The number of nitrogens with one attached hydrogen (secondary N) is 2. The van der Waals surface area contributed by atoms with Crippen molar-refractivity contribution in [2.45, 2.75) is 39.2 Å². The van der Waals surface area contributed by atoms with E-state index in [9.17, 15) is 4.79 Å². The van der Waals surface area contributed by atoms with Crippen molar-refractivity contribution in [2.24, 2.45) is 0 Å². The van der Waals surface area contributed by atoms with E-state index in [2.05, 4.69) is 26.6 Å². The van der Waals surface area contributed by atoms with Crippen molar-refractivity contribution in [3.8, 4) is 0 Å². The first-order chi connectivity index (χ1) is 8.42. The van der Waals surface area contributed by atoms with Crippen LogP contribution < -0.4 is 10.6 Å². The highest BCUT2D eigenvalue weighted by atomic mass is 79.9. The molecule has 2 N–H and O–H groups in total. The third-order valence-corrected chi connectivity index (χ3v) is 4.82. The number of halogens is 1. The second-order valence-corrected chi connectivity index (χ2v) is 6.03. The molecule has 0 spiro atoms. The molecule has 0 aromatic heterocycles. The second-order valence-electron chi connectivity index (χ2n) is 5.24. The van der Waals surface area contributed by atoms with Gasteiger partial charge in [-0.1, -0.05) is 15.9 Å². The van der Waals surface area contributed by atoms with Crippen molar-refractivity contribution >= 4 is 27.5 Å². The maximum absolute atomic E-state index is 12.3. The summed E-state index contributed by atoms with van der Waals surface area (Å²) in [4.78, 5) is 12.3. The van der Waals surface area contributed by atoms with E-state index in [4.69, 9.17) is 0 Å². The van der Waals surface area contributed by atoms with Gasteiger partial charge in [0.2, 0.25) is 5.91 Å². The standard InChI is InChI=1S/C14H19BrN2O/c1-9-7-11(8-10(2)12(9)15)17-13(18)14(3)5-4-6-16-14/h7-8,16H,4-6H2,1-3H3,(H,17,18). The van der Waals surface area contributed by atoms with E-state index in [1.165, 1.54) is 0 Å². The SMILES string of the molecule is Cc1cc(NC(=O)C2(C)CCCN2)cc(C)c1Br. The number of amides is 1. The Labute approximate surface area is 116 Å². The second kappa shape index (κ2) is 5.02. The van der Waals surface area contributed by atoms with Crippen LogP contribution in [0.15, 0.2) is 16.6 Å². The number of aryl methyl sites for hydroxylation is 2. The van der Waals surface area contributed by atoms with Crippen molar-refractivity contribution in [1.82, 2.24) is 5.32 Å². The van der Waals surface area contributed by atoms with Gasteiger partial charge in [-0.25, -0.2) is 0 Å². The van der Waals surface area contributed by atoms with E-state index < -0.39 is 5.54 Å². The fourth-order valence-corrected chi connectivity index (χ4v) is 2.60. The Balaban J connectivity index is 2.17. The van der Waals surface area contributed by atoms with Crippen LogP contribution in [0.4, 0.5) is 5.69 Å². The molecule has 1 heterocycles. The molecule has 3 nitrogen and oxygen atoms in total. The molecule has 0 aliphatic carbocycles. The smallest absolute Gasteiger partial charge is 0.244 e. The van der Waals surface area contributed by atoms with Crippen LogP contribution in [0.2, 0.25) is 0 Å². The van der Waals surface area contributed by atoms with Crippen LogP contribution >= 0.6 is 15.9 Å². The fraction of sp³-hybridized carbons (Fsp3) is 0.500. The number of rotatable bonds is 2. The molecule has 1 aliphatic rings. The summed E-state index contributed by atoms with van der Waals surface area (Å²) in [6.45, 7) is 6.95. The van der Waals surface area contributed by atoms with Crippen LogP contribution in [0.1, 0.15) is 30.9 Å². The van der Waals surface area contributed by atoms with E-state index >= 15 is 0 Å². The van der Waals surface area contributed by atoms with Crippen LogP contribution in [0, 0.1) is 13.8 Å². The van der Waals surface area contributed by atoms with E-state index in [-0.39, 0.29) is 5.91 Å². The summed E-state index contributed by atoms with van der Waals surface area (Å²) < 4.78 is 1.10. The Morgan fingerprint density at radius 2 is 2.00 bits per heavy atom. The van der Waals surface area contributed by atoms with Crippen LogP contribution in [0.5, 0.6) is 0 Å². The van der Waals surface area contributed by atoms with Gasteiger partial charge in [-0.05, 0) is 63.4 Å². The van der Waals surface area contributed by atoms with Crippen molar-refractivity contribution in [2.75, 3.05) is 11.9 Å². The zero-order valence-corrected chi connectivity index (χ0v) is 12.6. The van der Waals surface area contributed by atoms with Crippen molar-refractivity contribution in [1.29, 1.82) is 0 Å². The van der Waals surface area contributed by atoms with E-state index in [1.54, 1.807) is 0 Å². The van der Waals surface area contributed by atoms with Gasteiger partial charge in [-0.2, -0.15) is 0 Å². The van der Waals surface area contributed by atoms with Crippen LogP contribution in [-0.2, 0) is 4.79 Å².